The van der Waals surface area contributed by atoms with Crippen LogP contribution in [0.15, 0.2) is 18.2 Å². The Bertz CT molecular complexity index is 381. The first-order valence-corrected chi connectivity index (χ1v) is 6.35. The summed E-state index contributed by atoms with van der Waals surface area (Å²) in [7, 11) is 0. The summed E-state index contributed by atoms with van der Waals surface area (Å²) in [6.07, 6.45) is 0.784. The Hall–Kier alpha value is -1.10. The highest BCUT2D eigenvalue weighted by Crippen LogP contribution is 2.26. The van der Waals surface area contributed by atoms with Gasteiger partial charge in [-0.05, 0) is 36.5 Å². The van der Waals surface area contributed by atoms with E-state index in [2.05, 4.69) is 0 Å². The van der Waals surface area contributed by atoms with Gasteiger partial charge in [-0.3, -0.25) is 0 Å². The Morgan fingerprint density at radius 3 is 2.56 bits per heavy atom. The van der Waals surface area contributed by atoms with Gasteiger partial charge < -0.3 is 21.1 Å². The van der Waals surface area contributed by atoms with Crippen molar-refractivity contribution in [3.8, 4) is 5.75 Å². The average Bonchev–Trinajstić information content (AvgIpc) is 2.37. The molecule has 102 valence electrons. The molecule has 0 spiro atoms. The molecule has 1 aromatic rings. The van der Waals surface area contributed by atoms with Crippen molar-refractivity contribution in [3.63, 3.8) is 0 Å². The first-order valence-electron chi connectivity index (χ1n) is 6.35. The number of benzene rings is 1. The number of hydrogen-bond acceptors (Lipinski definition) is 4. The molecular weight excluding hydrogens is 230 g/mol. The van der Waals surface area contributed by atoms with Gasteiger partial charge >= 0.3 is 0 Å². The molecule has 3 atom stereocenters. The number of rotatable bonds is 6. The van der Waals surface area contributed by atoms with Crippen molar-refractivity contribution in [3.05, 3.63) is 29.3 Å². The van der Waals surface area contributed by atoms with Crippen LogP contribution in [0.1, 0.15) is 43.7 Å². The molecule has 0 saturated heterocycles. The fourth-order valence-corrected chi connectivity index (χ4v) is 1.98. The molecule has 0 bridgehead atoms. The van der Waals surface area contributed by atoms with E-state index in [1.807, 2.05) is 19.9 Å². The van der Waals surface area contributed by atoms with Crippen LogP contribution in [0, 0.1) is 0 Å². The van der Waals surface area contributed by atoms with Gasteiger partial charge in [0.05, 0.1) is 12.7 Å². The summed E-state index contributed by atoms with van der Waals surface area (Å²) in [5.41, 5.74) is 7.29. The van der Waals surface area contributed by atoms with Crippen molar-refractivity contribution < 1.29 is 15.3 Å². The number of aliphatic hydroxyl groups excluding tert-OH is 2. The molecular formula is C14H23NO3. The molecule has 0 saturated carbocycles. The molecule has 4 nitrogen and oxygen atoms in total. The van der Waals surface area contributed by atoms with Gasteiger partial charge in [-0.15, -0.1) is 0 Å². The second kappa shape index (κ2) is 6.73. The SMILES string of the molecule is CCC(N)C(O)CC(C)c1ccc(O)c(CO)c1. The van der Waals surface area contributed by atoms with E-state index in [1.54, 1.807) is 12.1 Å². The highest BCUT2D eigenvalue weighted by molar-refractivity contribution is 5.37. The normalized spacial score (nSPS) is 16.3. The number of nitrogens with two attached hydrogens (primary N) is 1. The van der Waals surface area contributed by atoms with Gasteiger partial charge in [0.15, 0.2) is 0 Å². The van der Waals surface area contributed by atoms with Crippen LogP contribution < -0.4 is 5.73 Å². The molecule has 5 N–H and O–H groups in total. The number of hydrogen-bond donors (Lipinski definition) is 4. The van der Waals surface area contributed by atoms with Crippen LogP contribution in [0.5, 0.6) is 5.75 Å². The van der Waals surface area contributed by atoms with Gasteiger partial charge in [0.25, 0.3) is 0 Å². The summed E-state index contributed by atoms with van der Waals surface area (Å²) in [4.78, 5) is 0. The molecule has 0 amide bonds. The van der Waals surface area contributed by atoms with Gasteiger partial charge in [-0.25, -0.2) is 0 Å². The molecule has 0 aliphatic heterocycles. The maximum absolute atomic E-state index is 9.91. The van der Waals surface area contributed by atoms with Crippen molar-refractivity contribution >= 4 is 0 Å². The van der Waals surface area contributed by atoms with Gasteiger partial charge in [0, 0.05) is 11.6 Å². The average molecular weight is 253 g/mol. The molecule has 1 rings (SSSR count). The van der Waals surface area contributed by atoms with Gasteiger partial charge in [-0.2, -0.15) is 0 Å². The van der Waals surface area contributed by atoms with E-state index < -0.39 is 6.10 Å². The minimum atomic E-state index is -0.531. The number of aliphatic hydroxyl groups is 2. The van der Waals surface area contributed by atoms with Crippen LogP contribution in [0.3, 0.4) is 0 Å². The standard InChI is InChI=1S/C14H23NO3/c1-3-12(15)14(18)6-9(2)10-4-5-13(17)11(7-10)8-16/h4-5,7,9,12,14,16-18H,3,6,8,15H2,1-2H3. The lowest BCUT2D eigenvalue weighted by molar-refractivity contribution is 0.126. The molecule has 3 unspecified atom stereocenters. The van der Waals surface area contributed by atoms with E-state index in [4.69, 9.17) is 10.8 Å². The Morgan fingerprint density at radius 1 is 1.33 bits per heavy atom. The van der Waals surface area contributed by atoms with Gasteiger partial charge in [-0.1, -0.05) is 19.9 Å². The van der Waals surface area contributed by atoms with Crippen LogP contribution >= 0.6 is 0 Å². The van der Waals surface area contributed by atoms with Crippen molar-refractivity contribution in [2.45, 2.75) is 51.4 Å². The lowest BCUT2D eigenvalue weighted by atomic mass is 9.91. The fraction of sp³-hybridized carbons (Fsp3) is 0.571. The zero-order chi connectivity index (χ0) is 13.7. The summed E-state index contributed by atoms with van der Waals surface area (Å²) in [6, 6.07) is 4.94. The number of aromatic hydroxyl groups is 1. The molecule has 0 radical (unpaired) electrons. The maximum Gasteiger partial charge on any atom is 0.121 e. The van der Waals surface area contributed by atoms with Gasteiger partial charge in [0.1, 0.15) is 5.75 Å². The summed E-state index contributed by atoms with van der Waals surface area (Å²) in [5, 5.41) is 28.5. The monoisotopic (exact) mass is 253 g/mol. The third kappa shape index (κ3) is 3.70. The third-order valence-corrected chi connectivity index (χ3v) is 3.40. The molecule has 4 heteroatoms. The Kier molecular flexibility index (Phi) is 5.59. The highest BCUT2D eigenvalue weighted by atomic mass is 16.3. The van der Waals surface area contributed by atoms with E-state index in [1.165, 1.54) is 0 Å². The smallest absolute Gasteiger partial charge is 0.121 e. The molecule has 0 aliphatic carbocycles. The lowest BCUT2D eigenvalue weighted by Gasteiger charge is -2.21. The van der Waals surface area contributed by atoms with Crippen LogP contribution in [0.2, 0.25) is 0 Å². The van der Waals surface area contributed by atoms with Crippen molar-refractivity contribution in [1.82, 2.24) is 0 Å². The largest absolute Gasteiger partial charge is 0.508 e. The maximum atomic E-state index is 9.91. The van der Waals surface area contributed by atoms with Crippen molar-refractivity contribution in [2.75, 3.05) is 0 Å². The summed E-state index contributed by atoms with van der Waals surface area (Å²) < 4.78 is 0. The summed E-state index contributed by atoms with van der Waals surface area (Å²) in [5.74, 6) is 0.225. The zero-order valence-corrected chi connectivity index (χ0v) is 11.0. The third-order valence-electron chi connectivity index (χ3n) is 3.40. The van der Waals surface area contributed by atoms with E-state index >= 15 is 0 Å². The fourth-order valence-electron chi connectivity index (χ4n) is 1.98. The molecule has 0 fully saturated rings. The van der Waals surface area contributed by atoms with E-state index in [0.29, 0.717) is 12.0 Å². The summed E-state index contributed by atoms with van der Waals surface area (Å²) in [6.45, 7) is 3.76. The second-order valence-corrected chi connectivity index (χ2v) is 4.82. The lowest BCUT2D eigenvalue weighted by Crippen LogP contribution is -2.34. The van der Waals surface area contributed by atoms with E-state index in [-0.39, 0.29) is 24.3 Å². The Balaban J connectivity index is 2.75. The predicted molar refractivity (Wildman–Crippen MR) is 71.3 cm³/mol. The molecule has 0 aromatic heterocycles. The topological polar surface area (TPSA) is 86.7 Å². The summed E-state index contributed by atoms with van der Waals surface area (Å²) >= 11 is 0. The molecule has 0 aliphatic rings. The molecule has 18 heavy (non-hydrogen) atoms. The molecule has 1 aromatic carbocycles. The van der Waals surface area contributed by atoms with Crippen LogP contribution in [0.4, 0.5) is 0 Å². The van der Waals surface area contributed by atoms with Crippen LogP contribution in [-0.2, 0) is 6.61 Å². The molecule has 0 heterocycles. The van der Waals surface area contributed by atoms with Gasteiger partial charge in [0.2, 0.25) is 0 Å². The minimum Gasteiger partial charge on any atom is -0.508 e. The van der Waals surface area contributed by atoms with Crippen LogP contribution in [0.25, 0.3) is 0 Å². The van der Waals surface area contributed by atoms with E-state index in [9.17, 15) is 10.2 Å². The van der Waals surface area contributed by atoms with Crippen LogP contribution in [-0.4, -0.2) is 27.5 Å². The first kappa shape index (κ1) is 15.0. The Labute approximate surface area is 108 Å². The quantitative estimate of drug-likeness (QED) is 0.618. The van der Waals surface area contributed by atoms with Crippen molar-refractivity contribution in [1.29, 1.82) is 0 Å². The minimum absolute atomic E-state index is 0.0965. The number of phenols is 1. The Morgan fingerprint density at radius 2 is 2.00 bits per heavy atom. The zero-order valence-electron chi connectivity index (χ0n) is 11.0. The van der Waals surface area contributed by atoms with Crippen molar-refractivity contribution in [2.24, 2.45) is 5.73 Å². The first-order chi connectivity index (χ1) is 8.49. The van der Waals surface area contributed by atoms with E-state index in [0.717, 1.165) is 12.0 Å². The predicted octanol–water partition coefficient (Wildman–Crippen LogP) is 1.48. The highest BCUT2D eigenvalue weighted by Gasteiger charge is 2.18. The second-order valence-electron chi connectivity index (χ2n) is 4.82.